The number of halogens is 2. The minimum atomic E-state index is -2.53. The van der Waals surface area contributed by atoms with Crippen LogP contribution in [0.4, 0.5) is 14.5 Å². The number of carbonyl (C=O) groups is 1. The Morgan fingerprint density at radius 3 is 2.62 bits per heavy atom. The summed E-state index contributed by atoms with van der Waals surface area (Å²) in [5.74, 6) is 0.462. The van der Waals surface area contributed by atoms with E-state index in [9.17, 15) is 13.6 Å². The van der Waals surface area contributed by atoms with E-state index < -0.39 is 18.5 Å². The molecular weight excluding hydrogens is 416 g/mol. The summed E-state index contributed by atoms with van der Waals surface area (Å²) in [7, 11) is 0. The van der Waals surface area contributed by atoms with Crippen LogP contribution in [0.2, 0.25) is 0 Å². The summed E-state index contributed by atoms with van der Waals surface area (Å²) < 4.78 is 32.3. The number of hydrogen-bond acceptors (Lipinski definition) is 5. The third kappa shape index (κ3) is 3.61. The van der Waals surface area contributed by atoms with Crippen LogP contribution in [0.15, 0.2) is 30.7 Å². The predicted molar refractivity (Wildman–Crippen MR) is 116 cm³/mol. The molecule has 3 aromatic heterocycles. The highest BCUT2D eigenvalue weighted by molar-refractivity contribution is 6.12. The number of pyridine rings is 2. The fourth-order valence-electron chi connectivity index (χ4n) is 4.11. The lowest BCUT2D eigenvalue weighted by molar-refractivity contribution is 0.0981. The molecule has 32 heavy (non-hydrogen) atoms. The summed E-state index contributed by atoms with van der Waals surface area (Å²) in [6.45, 7) is 9.43. The van der Waals surface area contributed by atoms with Crippen molar-refractivity contribution in [2.75, 3.05) is 11.5 Å². The number of aromatic nitrogens is 4. The first kappa shape index (κ1) is 21.9. The Morgan fingerprint density at radius 1 is 1.19 bits per heavy atom. The molecule has 0 aromatic carbocycles. The summed E-state index contributed by atoms with van der Waals surface area (Å²) in [6, 6.07) is 3.76. The van der Waals surface area contributed by atoms with E-state index in [-0.39, 0.29) is 5.91 Å². The normalized spacial score (nSPS) is 14.9. The number of aryl methyl sites for hydroxylation is 2. The molecule has 1 aliphatic heterocycles. The molecule has 1 amide bonds. The highest BCUT2D eigenvalue weighted by Gasteiger charge is 2.47. The fourth-order valence-corrected chi connectivity index (χ4v) is 4.11. The quantitative estimate of drug-likeness (QED) is 0.563. The Kier molecular flexibility index (Phi) is 5.44. The minimum absolute atomic E-state index is 0.227. The van der Waals surface area contributed by atoms with Gasteiger partial charge in [0.15, 0.2) is 0 Å². The molecule has 168 valence electrons. The molecule has 0 spiro atoms. The van der Waals surface area contributed by atoms with Crippen LogP contribution < -0.4 is 9.64 Å². The van der Waals surface area contributed by atoms with Crippen molar-refractivity contribution in [2.45, 2.75) is 53.1 Å². The van der Waals surface area contributed by atoms with Gasteiger partial charge >= 0.3 is 0 Å². The summed E-state index contributed by atoms with van der Waals surface area (Å²) >= 11 is 0. The van der Waals surface area contributed by atoms with Crippen molar-refractivity contribution in [1.29, 1.82) is 0 Å². The van der Waals surface area contributed by atoms with Crippen LogP contribution in [0.1, 0.15) is 48.1 Å². The van der Waals surface area contributed by atoms with Crippen molar-refractivity contribution in [3.05, 3.63) is 53.2 Å². The zero-order chi connectivity index (χ0) is 23.2. The number of amides is 1. The van der Waals surface area contributed by atoms with Crippen molar-refractivity contribution in [2.24, 2.45) is 0 Å². The zero-order valence-corrected chi connectivity index (χ0v) is 18.7. The molecule has 7 nitrogen and oxygen atoms in total. The van der Waals surface area contributed by atoms with Gasteiger partial charge in [0.1, 0.15) is 12.3 Å². The standard InChI is InChI=1S/C23H25F2N5O2/c1-6-32-18-8-15(9-26-14(18)3)17-7-13(2)20-21(28-17)23(4,5)30(22(20)31)16-10-27-29(11-16)12-19(24)25/h7-11,19H,6,12H2,1-5H3. The highest BCUT2D eigenvalue weighted by Crippen LogP contribution is 2.43. The number of carbonyl (C=O) groups excluding carboxylic acids is 1. The SMILES string of the molecule is CCOc1cc(-c2cc(C)c3c(n2)C(C)(C)N(c2cnn(CC(F)F)c2)C3=O)cnc1C. The van der Waals surface area contributed by atoms with E-state index in [1.54, 1.807) is 11.1 Å². The van der Waals surface area contributed by atoms with Crippen molar-refractivity contribution in [3.8, 4) is 17.0 Å². The molecule has 0 fully saturated rings. The van der Waals surface area contributed by atoms with Gasteiger partial charge in [0, 0.05) is 18.0 Å². The van der Waals surface area contributed by atoms with Crippen LogP contribution in [0, 0.1) is 13.8 Å². The summed E-state index contributed by atoms with van der Waals surface area (Å²) in [5.41, 5.74) is 3.84. The van der Waals surface area contributed by atoms with Crippen LogP contribution in [0.5, 0.6) is 5.75 Å². The summed E-state index contributed by atoms with van der Waals surface area (Å²) in [4.78, 5) is 24.2. The van der Waals surface area contributed by atoms with E-state index in [2.05, 4.69) is 10.1 Å². The first-order chi connectivity index (χ1) is 15.1. The van der Waals surface area contributed by atoms with Crippen LogP contribution >= 0.6 is 0 Å². The Labute approximate surface area is 185 Å². The van der Waals surface area contributed by atoms with E-state index in [1.807, 2.05) is 46.8 Å². The maximum absolute atomic E-state index is 13.4. The lowest BCUT2D eigenvalue weighted by atomic mass is 9.96. The van der Waals surface area contributed by atoms with Gasteiger partial charge in [-0.05, 0) is 52.3 Å². The molecule has 4 rings (SSSR count). The number of rotatable bonds is 6. The van der Waals surface area contributed by atoms with Gasteiger partial charge in [-0.15, -0.1) is 0 Å². The van der Waals surface area contributed by atoms with Crippen molar-refractivity contribution in [1.82, 2.24) is 19.7 Å². The molecule has 0 N–H and O–H groups in total. The molecule has 3 aromatic rings. The maximum Gasteiger partial charge on any atom is 0.261 e. The number of ether oxygens (including phenoxy) is 1. The molecule has 0 radical (unpaired) electrons. The number of fused-ring (bicyclic) bond motifs is 1. The van der Waals surface area contributed by atoms with Crippen LogP contribution in [0.3, 0.4) is 0 Å². The van der Waals surface area contributed by atoms with Crippen LogP contribution in [-0.4, -0.2) is 38.7 Å². The Hall–Kier alpha value is -3.36. The van der Waals surface area contributed by atoms with Gasteiger partial charge < -0.3 is 4.74 Å². The molecule has 9 heteroatoms. The second-order valence-electron chi connectivity index (χ2n) is 8.30. The molecule has 0 bridgehead atoms. The monoisotopic (exact) mass is 441 g/mol. The van der Waals surface area contributed by atoms with Gasteiger partial charge in [-0.2, -0.15) is 5.10 Å². The third-order valence-corrected chi connectivity index (χ3v) is 5.61. The van der Waals surface area contributed by atoms with Gasteiger partial charge in [-0.3, -0.25) is 19.4 Å². The summed E-state index contributed by atoms with van der Waals surface area (Å²) in [5, 5.41) is 3.99. The molecule has 0 saturated heterocycles. The Bertz CT molecular complexity index is 1190. The third-order valence-electron chi connectivity index (χ3n) is 5.61. The predicted octanol–water partition coefficient (Wildman–Crippen LogP) is 4.52. The van der Waals surface area contributed by atoms with E-state index in [1.165, 1.54) is 12.4 Å². The first-order valence-electron chi connectivity index (χ1n) is 10.4. The molecule has 0 aliphatic carbocycles. The molecule has 0 saturated carbocycles. The Balaban J connectivity index is 1.77. The van der Waals surface area contributed by atoms with Gasteiger partial charge in [0.05, 0.1) is 46.7 Å². The number of anilines is 1. The topological polar surface area (TPSA) is 73.1 Å². The molecule has 0 atom stereocenters. The van der Waals surface area contributed by atoms with E-state index >= 15 is 0 Å². The van der Waals surface area contributed by atoms with E-state index in [0.717, 1.165) is 21.5 Å². The average molecular weight is 441 g/mol. The maximum atomic E-state index is 13.4. The first-order valence-corrected chi connectivity index (χ1v) is 10.4. The largest absolute Gasteiger partial charge is 0.492 e. The van der Waals surface area contributed by atoms with Crippen LogP contribution in [0.25, 0.3) is 11.3 Å². The average Bonchev–Trinajstić information content (AvgIpc) is 3.23. The second kappa shape index (κ2) is 7.96. The number of hydrogen-bond donors (Lipinski definition) is 0. The zero-order valence-electron chi connectivity index (χ0n) is 18.7. The minimum Gasteiger partial charge on any atom is -0.492 e. The number of nitrogens with zero attached hydrogens (tertiary/aromatic N) is 5. The Morgan fingerprint density at radius 2 is 1.94 bits per heavy atom. The lowest BCUT2D eigenvalue weighted by Crippen LogP contribution is -2.39. The van der Waals surface area contributed by atoms with Crippen molar-refractivity contribution in [3.63, 3.8) is 0 Å². The van der Waals surface area contributed by atoms with Gasteiger partial charge in [0.25, 0.3) is 12.3 Å². The molecule has 0 unspecified atom stereocenters. The van der Waals surface area contributed by atoms with Gasteiger partial charge in [-0.25, -0.2) is 13.8 Å². The molecule has 1 aliphatic rings. The lowest BCUT2D eigenvalue weighted by Gasteiger charge is -2.30. The smallest absolute Gasteiger partial charge is 0.261 e. The van der Waals surface area contributed by atoms with Gasteiger partial charge in [0.2, 0.25) is 0 Å². The molecule has 4 heterocycles. The van der Waals surface area contributed by atoms with Crippen molar-refractivity contribution < 1.29 is 18.3 Å². The van der Waals surface area contributed by atoms with E-state index in [0.29, 0.717) is 35.0 Å². The van der Waals surface area contributed by atoms with E-state index in [4.69, 9.17) is 9.72 Å². The number of alkyl halides is 2. The molecular formula is C23H25F2N5O2. The van der Waals surface area contributed by atoms with Gasteiger partial charge in [-0.1, -0.05) is 0 Å². The second-order valence-corrected chi connectivity index (χ2v) is 8.30. The van der Waals surface area contributed by atoms with Crippen LogP contribution in [-0.2, 0) is 12.1 Å². The van der Waals surface area contributed by atoms with Crippen molar-refractivity contribution >= 4 is 11.6 Å². The highest BCUT2D eigenvalue weighted by atomic mass is 19.3. The summed E-state index contributed by atoms with van der Waals surface area (Å²) in [6.07, 6.45) is 2.11. The fraction of sp³-hybridized carbons (Fsp3) is 0.391.